The summed E-state index contributed by atoms with van der Waals surface area (Å²) in [7, 11) is 0. The smallest absolute Gasteiger partial charge is 0.291 e. The van der Waals surface area contributed by atoms with Gasteiger partial charge in [-0.3, -0.25) is 9.59 Å². The summed E-state index contributed by atoms with van der Waals surface area (Å²) < 4.78 is 12.7. The summed E-state index contributed by atoms with van der Waals surface area (Å²) in [6, 6.07) is 12.7. The summed E-state index contributed by atoms with van der Waals surface area (Å²) in [5.41, 5.74) is 2.58. The topological polar surface area (TPSA) is 59.8 Å². The van der Waals surface area contributed by atoms with Crippen LogP contribution in [-0.2, 0) is 4.74 Å². The summed E-state index contributed by atoms with van der Waals surface area (Å²) in [4.78, 5) is 28.6. The van der Waals surface area contributed by atoms with E-state index < -0.39 is 6.04 Å². The fraction of sp³-hybridized carbons (Fsp3) is 0.304. The third-order valence-corrected chi connectivity index (χ3v) is 6.20. The van der Waals surface area contributed by atoms with Gasteiger partial charge in [0.2, 0.25) is 5.76 Å². The number of carbonyl (C=O) groups is 1. The molecule has 0 N–H and O–H groups in total. The molecule has 0 saturated carbocycles. The van der Waals surface area contributed by atoms with Gasteiger partial charge in [-0.25, -0.2) is 0 Å². The normalized spacial score (nSPS) is 21.2. The molecular formula is C23H20BrNO4. The van der Waals surface area contributed by atoms with Gasteiger partial charge in [0, 0.05) is 17.6 Å². The molecule has 1 fully saturated rings. The highest BCUT2D eigenvalue weighted by atomic mass is 79.9. The van der Waals surface area contributed by atoms with Gasteiger partial charge in [0.25, 0.3) is 5.91 Å². The van der Waals surface area contributed by atoms with Crippen LogP contribution in [0.2, 0.25) is 0 Å². The second kappa shape index (κ2) is 7.11. The molecule has 6 heteroatoms. The molecule has 29 heavy (non-hydrogen) atoms. The molecule has 0 unspecified atom stereocenters. The minimum absolute atomic E-state index is 0.0188. The Kier molecular flexibility index (Phi) is 4.56. The van der Waals surface area contributed by atoms with E-state index in [2.05, 4.69) is 15.9 Å². The highest BCUT2D eigenvalue weighted by molar-refractivity contribution is 9.10. The van der Waals surface area contributed by atoms with Gasteiger partial charge in [-0.1, -0.05) is 39.7 Å². The van der Waals surface area contributed by atoms with Gasteiger partial charge >= 0.3 is 0 Å². The number of aryl methyl sites for hydroxylation is 1. The van der Waals surface area contributed by atoms with Gasteiger partial charge in [-0.15, -0.1) is 0 Å². The predicted octanol–water partition coefficient (Wildman–Crippen LogP) is 4.59. The van der Waals surface area contributed by atoms with Gasteiger partial charge in [0.05, 0.1) is 23.1 Å². The van der Waals surface area contributed by atoms with Crippen LogP contribution in [0.3, 0.4) is 0 Å². The molecule has 0 radical (unpaired) electrons. The summed E-state index contributed by atoms with van der Waals surface area (Å²) in [6.07, 6.45) is 1.88. The molecular weight excluding hydrogens is 434 g/mol. The lowest BCUT2D eigenvalue weighted by molar-refractivity contribution is 0.0486. The van der Waals surface area contributed by atoms with E-state index in [1.807, 2.05) is 43.3 Å². The molecule has 3 heterocycles. The van der Waals surface area contributed by atoms with E-state index in [9.17, 15) is 9.59 Å². The summed E-state index contributed by atoms with van der Waals surface area (Å²) in [5.74, 6) is -0.102. The average molecular weight is 454 g/mol. The van der Waals surface area contributed by atoms with Crippen molar-refractivity contribution in [3.63, 3.8) is 0 Å². The lowest BCUT2D eigenvalue weighted by Crippen LogP contribution is -2.36. The second-order valence-electron chi connectivity index (χ2n) is 7.72. The van der Waals surface area contributed by atoms with Crippen LogP contribution in [0.4, 0.5) is 0 Å². The average Bonchev–Trinajstić information content (AvgIpc) is 3.31. The van der Waals surface area contributed by atoms with E-state index in [1.54, 1.807) is 11.0 Å². The molecule has 1 aromatic heterocycles. The van der Waals surface area contributed by atoms with Crippen LogP contribution in [0, 0.1) is 6.92 Å². The van der Waals surface area contributed by atoms with Gasteiger partial charge in [-0.2, -0.15) is 0 Å². The van der Waals surface area contributed by atoms with Crippen molar-refractivity contribution in [3.8, 4) is 0 Å². The maximum absolute atomic E-state index is 13.5. The van der Waals surface area contributed by atoms with Crippen molar-refractivity contribution in [3.05, 3.63) is 79.6 Å². The number of ether oxygens (including phenoxy) is 1. The largest absolute Gasteiger partial charge is 0.450 e. The zero-order valence-corrected chi connectivity index (χ0v) is 17.6. The number of carbonyl (C=O) groups excluding carboxylic acids is 1. The predicted molar refractivity (Wildman–Crippen MR) is 113 cm³/mol. The monoisotopic (exact) mass is 453 g/mol. The number of amides is 1. The molecule has 1 amide bonds. The Morgan fingerprint density at radius 2 is 2.03 bits per heavy atom. The summed E-state index contributed by atoms with van der Waals surface area (Å²) >= 11 is 3.51. The van der Waals surface area contributed by atoms with E-state index >= 15 is 0 Å². The van der Waals surface area contributed by atoms with E-state index in [0.717, 1.165) is 28.4 Å². The zero-order chi connectivity index (χ0) is 20.1. The van der Waals surface area contributed by atoms with E-state index in [4.69, 9.17) is 9.15 Å². The van der Waals surface area contributed by atoms with Gasteiger partial charge in [0.1, 0.15) is 5.58 Å². The molecule has 3 aromatic rings. The molecule has 0 spiro atoms. The van der Waals surface area contributed by atoms with Gasteiger partial charge < -0.3 is 14.1 Å². The van der Waals surface area contributed by atoms with Crippen molar-refractivity contribution >= 4 is 32.8 Å². The first kappa shape index (κ1) is 18.6. The Hall–Kier alpha value is -2.44. The number of rotatable bonds is 3. The maximum Gasteiger partial charge on any atom is 0.291 e. The SMILES string of the molecule is Cc1ccc2oc3c(c(=O)c2c1)[C@@H](c1cccc(Br)c1)N(C[C@H]1CCCO1)C3=O. The van der Waals surface area contributed by atoms with Crippen molar-refractivity contribution in [1.82, 2.24) is 4.90 Å². The molecule has 5 rings (SSSR count). The fourth-order valence-electron chi connectivity index (χ4n) is 4.35. The van der Waals surface area contributed by atoms with Gasteiger partial charge in [-0.05, 0) is 49.6 Å². The molecule has 0 bridgehead atoms. The summed E-state index contributed by atoms with van der Waals surface area (Å²) in [5, 5.41) is 0.510. The van der Waals surface area contributed by atoms with Crippen LogP contribution in [0.25, 0.3) is 11.0 Å². The standard InChI is InChI=1S/C23H20BrNO4/c1-13-7-8-18-17(10-13)21(26)19-20(14-4-2-5-15(24)11-14)25(23(27)22(19)29-18)12-16-6-3-9-28-16/h2,4-5,7-8,10-11,16,20H,3,6,9,12H2,1H3/t16-,20-/m1/s1. The molecule has 2 atom stereocenters. The highest BCUT2D eigenvalue weighted by Crippen LogP contribution is 2.39. The molecule has 5 nitrogen and oxygen atoms in total. The van der Waals surface area contributed by atoms with Crippen molar-refractivity contribution in [2.45, 2.75) is 31.9 Å². The Morgan fingerprint density at radius 1 is 1.17 bits per heavy atom. The minimum atomic E-state index is -0.486. The first-order valence-corrected chi connectivity index (χ1v) is 10.6. The number of hydrogen-bond acceptors (Lipinski definition) is 4. The molecule has 148 valence electrons. The number of halogens is 1. The van der Waals surface area contributed by atoms with E-state index in [1.165, 1.54) is 0 Å². The number of benzene rings is 2. The van der Waals surface area contributed by atoms with E-state index in [-0.39, 0.29) is 23.2 Å². The van der Waals surface area contributed by atoms with Crippen molar-refractivity contribution < 1.29 is 13.9 Å². The van der Waals surface area contributed by atoms with Crippen LogP contribution in [-0.4, -0.2) is 30.1 Å². The molecule has 2 aromatic carbocycles. The van der Waals surface area contributed by atoms with Crippen molar-refractivity contribution in [2.75, 3.05) is 13.2 Å². The van der Waals surface area contributed by atoms with Crippen LogP contribution in [0.5, 0.6) is 0 Å². The first-order chi connectivity index (χ1) is 14.0. The van der Waals surface area contributed by atoms with Crippen LogP contribution >= 0.6 is 15.9 Å². The lowest BCUT2D eigenvalue weighted by atomic mass is 9.98. The third kappa shape index (κ3) is 3.11. The highest BCUT2D eigenvalue weighted by Gasteiger charge is 2.43. The number of fused-ring (bicyclic) bond motifs is 2. The third-order valence-electron chi connectivity index (χ3n) is 5.71. The van der Waals surface area contributed by atoms with Crippen molar-refractivity contribution in [1.29, 1.82) is 0 Å². The first-order valence-electron chi connectivity index (χ1n) is 9.78. The Balaban J connectivity index is 1.72. The fourth-order valence-corrected chi connectivity index (χ4v) is 4.77. The number of nitrogens with zero attached hydrogens (tertiary/aromatic N) is 1. The summed E-state index contributed by atoms with van der Waals surface area (Å²) in [6.45, 7) is 3.09. The molecule has 2 aliphatic rings. The molecule has 0 aliphatic carbocycles. The minimum Gasteiger partial charge on any atom is -0.450 e. The Morgan fingerprint density at radius 3 is 2.79 bits per heavy atom. The second-order valence-corrected chi connectivity index (χ2v) is 8.64. The number of hydrogen-bond donors (Lipinski definition) is 0. The molecule has 1 saturated heterocycles. The lowest BCUT2D eigenvalue weighted by Gasteiger charge is -2.27. The molecule has 2 aliphatic heterocycles. The zero-order valence-electron chi connectivity index (χ0n) is 16.0. The van der Waals surface area contributed by atoms with Crippen LogP contribution in [0.15, 0.2) is 56.1 Å². The van der Waals surface area contributed by atoms with Crippen LogP contribution < -0.4 is 5.43 Å². The van der Waals surface area contributed by atoms with Gasteiger partial charge in [0.15, 0.2) is 5.43 Å². The Bertz CT molecular complexity index is 1180. The quantitative estimate of drug-likeness (QED) is 0.581. The van der Waals surface area contributed by atoms with Crippen LogP contribution in [0.1, 0.15) is 46.1 Å². The van der Waals surface area contributed by atoms with E-state index in [0.29, 0.717) is 29.7 Å². The maximum atomic E-state index is 13.5. The Labute approximate surface area is 176 Å². The van der Waals surface area contributed by atoms with Crippen molar-refractivity contribution in [2.24, 2.45) is 0 Å².